The minimum Gasteiger partial charge on any atom is -0.466 e. The maximum atomic E-state index is 11.6. The SMILES string of the molecule is CCOC(=O)Cc1ccc(CNC(=O)OC(C)(C)C)cc1Br. The minimum atomic E-state index is -0.520. The highest BCUT2D eigenvalue weighted by Crippen LogP contribution is 2.20. The topological polar surface area (TPSA) is 64.6 Å². The Hall–Kier alpha value is -1.56. The van der Waals surface area contributed by atoms with Crippen LogP contribution in [0.2, 0.25) is 0 Å². The average Bonchev–Trinajstić information content (AvgIpc) is 2.37. The summed E-state index contributed by atoms with van der Waals surface area (Å²) in [7, 11) is 0. The molecule has 5 nitrogen and oxygen atoms in total. The highest BCUT2D eigenvalue weighted by Gasteiger charge is 2.16. The van der Waals surface area contributed by atoms with E-state index in [2.05, 4.69) is 21.2 Å². The van der Waals surface area contributed by atoms with Crippen molar-refractivity contribution >= 4 is 28.0 Å². The molecular formula is C16H22BrNO4. The lowest BCUT2D eigenvalue weighted by atomic mass is 10.1. The second-order valence-corrected chi connectivity index (χ2v) is 6.62. The Bertz CT molecular complexity index is 537. The summed E-state index contributed by atoms with van der Waals surface area (Å²) in [5, 5.41) is 2.69. The zero-order chi connectivity index (χ0) is 16.8. The Morgan fingerprint density at radius 1 is 1.27 bits per heavy atom. The molecule has 0 aromatic heterocycles. The number of ether oxygens (including phenoxy) is 2. The molecule has 0 aliphatic heterocycles. The van der Waals surface area contributed by atoms with E-state index < -0.39 is 11.7 Å². The van der Waals surface area contributed by atoms with Crippen LogP contribution < -0.4 is 5.32 Å². The van der Waals surface area contributed by atoms with Gasteiger partial charge in [0.15, 0.2) is 0 Å². The van der Waals surface area contributed by atoms with Crippen LogP contribution >= 0.6 is 15.9 Å². The van der Waals surface area contributed by atoms with E-state index in [0.717, 1.165) is 15.6 Å². The molecule has 0 atom stereocenters. The highest BCUT2D eigenvalue weighted by atomic mass is 79.9. The third kappa shape index (κ3) is 6.93. The lowest BCUT2D eigenvalue weighted by molar-refractivity contribution is -0.142. The van der Waals surface area contributed by atoms with Crippen LogP contribution in [-0.4, -0.2) is 24.3 Å². The Labute approximate surface area is 139 Å². The molecule has 0 unspecified atom stereocenters. The number of rotatable bonds is 5. The summed E-state index contributed by atoms with van der Waals surface area (Å²) >= 11 is 3.43. The third-order valence-corrected chi connectivity index (χ3v) is 3.33. The molecule has 0 spiro atoms. The standard InChI is InChI=1S/C16H22BrNO4/c1-5-21-14(19)9-12-7-6-11(8-13(12)17)10-18-15(20)22-16(2,3)4/h6-8H,5,9-10H2,1-4H3,(H,18,20). The first-order chi connectivity index (χ1) is 10.2. The van der Waals surface area contributed by atoms with E-state index in [-0.39, 0.29) is 12.4 Å². The molecule has 1 aromatic carbocycles. The molecule has 22 heavy (non-hydrogen) atoms. The van der Waals surface area contributed by atoms with Crippen molar-refractivity contribution in [1.29, 1.82) is 0 Å². The molecule has 1 N–H and O–H groups in total. The van der Waals surface area contributed by atoms with Gasteiger partial charge in [-0.3, -0.25) is 4.79 Å². The Kier molecular flexibility index (Phi) is 6.87. The molecule has 0 radical (unpaired) electrons. The van der Waals surface area contributed by atoms with Crippen LogP contribution in [0.3, 0.4) is 0 Å². The number of esters is 1. The summed E-state index contributed by atoms with van der Waals surface area (Å²) in [5.41, 5.74) is 1.23. The fourth-order valence-corrected chi connectivity index (χ4v) is 2.27. The van der Waals surface area contributed by atoms with E-state index in [1.165, 1.54) is 0 Å². The van der Waals surface area contributed by atoms with E-state index in [0.29, 0.717) is 13.2 Å². The first kappa shape index (κ1) is 18.5. The van der Waals surface area contributed by atoms with E-state index in [1.54, 1.807) is 6.92 Å². The summed E-state index contributed by atoms with van der Waals surface area (Å²) in [5.74, 6) is -0.261. The summed E-state index contributed by atoms with van der Waals surface area (Å²) in [6.07, 6.45) is -0.243. The Balaban J connectivity index is 2.58. The van der Waals surface area contributed by atoms with Gasteiger partial charge in [-0.05, 0) is 44.9 Å². The minimum absolute atomic E-state index is 0.216. The average molecular weight is 372 g/mol. The van der Waals surface area contributed by atoms with Gasteiger partial charge in [0.2, 0.25) is 0 Å². The fraction of sp³-hybridized carbons (Fsp3) is 0.500. The number of hydrogen-bond acceptors (Lipinski definition) is 4. The van der Waals surface area contributed by atoms with Crippen molar-refractivity contribution in [2.75, 3.05) is 6.61 Å². The first-order valence-electron chi connectivity index (χ1n) is 7.11. The zero-order valence-electron chi connectivity index (χ0n) is 13.4. The van der Waals surface area contributed by atoms with Gasteiger partial charge < -0.3 is 14.8 Å². The van der Waals surface area contributed by atoms with Crippen LogP contribution in [0, 0.1) is 0 Å². The molecule has 1 rings (SSSR count). The molecule has 1 aromatic rings. The predicted molar refractivity (Wildman–Crippen MR) is 87.6 cm³/mol. The molecule has 0 bridgehead atoms. The van der Waals surface area contributed by atoms with E-state index in [4.69, 9.17) is 9.47 Å². The van der Waals surface area contributed by atoms with Gasteiger partial charge in [0, 0.05) is 11.0 Å². The fourth-order valence-electron chi connectivity index (χ4n) is 1.70. The lowest BCUT2D eigenvalue weighted by Gasteiger charge is -2.19. The number of halogens is 1. The third-order valence-electron chi connectivity index (χ3n) is 2.59. The smallest absolute Gasteiger partial charge is 0.407 e. The molecule has 0 heterocycles. The van der Waals surface area contributed by atoms with Gasteiger partial charge in [0.25, 0.3) is 0 Å². The van der Waals surface area contributed by atoms with Crippen molar-refractivity contribution in [2.24, 2.45) is 0 Å². The number of nitrogens with one attached hydrogen (secondary N) is 1. The summed E-state index contributed by atoms with van der Waals surface area (Å²) in [4.78, 5) is 23.1. The van der Waals surface area contributed by atoms with Gasteiger partial charge in [0.05, 0.1) is 13.0 Å². The Morgan fingerprint density at radius 3 is 2.50 bits per heavy atom. The van der Waals surface area contributed by atoms with Crippen LogP contribution in [0.15, 0.2) is 22.7 Å². The second-order valence-electron chi connectivity index (χ2n) is 5.76. The molecule has 0 saturated heterocycles. The number of carbonyl (C=O) groups excluding carboxylic acids is 2. The van der Waals surface area contributed by atoms with Crippen LogP contribution in [-0.2, 0) is 27.2 Å². The van der Waals surface area contributed by atoms with Crippen LogP contribution in [0.1, 0.15) is 38.8 Å². The maximum Gasteiger partial charge on any atom is 0.407 e. The summed E-state index contributed by atoms with van der Waals surface area (Å²) in [6, 6.07) is 5.57. The monoisotopic (exact) mass is 371 g/mol. The molecule has 122 valence electrons. The number of hydrogen-bond donors (Lipinski definition) is 1. The molecule has 6 heteroatoms. The van der Waals surface area contributed by atoms with Gasteiger partial charge >= 0.3 is 12.1 Å². The van der Waals surface area contributed by atoms with Crippen LogP contribution in [0.5, 0.6) is 0 Å². The number of benzene rings is 1. The second kappa shape index (κ2) is 8.17. The molecule has 0 saturated carbocycles. The quantitative estimate of drug-likeness (QED) is 0.803. The van der Waals surface area contributed by atoms with E-state index in [1.807, 2.05) is 39.0 Å². The van der Waals surface area contributed by atoms with Crippen LogP contribution in [0.4, 0.5) is 4.79 Å². The number of carbonyl (C=O) groups is 2. The summed E-state index contributed by atoms with van der Waals surface area (Å²) < 4.78 is 10.9. The molecule has 0 aliphatic rings. The summed E-state index contributed by atoms with van der Waals surface area (Å²) in [6.45, 7) is 7.94. The normalized spacial score (nSPS) is 11.0. The Morgan fingerprint density at radius 2 is 1.95 bits per heavy atom. The van der Waals surface area contributed by atoms with Crippen LogP contribution in [0.25, 0.3) is 0 Å². The highest BCUT2D eigenvalue weighted by molar-refractivity contribution is 9.10. The molecule has 0 aliphatic carbocycles. The van der Waals surface area contributed by atoms with E-state index in [9.17, 15) is 9.59 Å². The molecular weight excluding hydrogens is 350 g/mol. The molecule has 1 amide bonds. The maximum absolute atomic E-state index is 11.6. The van der Waals surface area contributed by atoms with Crippen molar-refractivity contribution in [2.45, 2.75) is 46.3 Å². The predicted octanol–water partition coefficient (Wildman–Crippen LogP) is 3.58. The molecule has 0 fully saturated rings. The number of amides is 1. The van der Waals surface area contributed by atoms with Crippen molar-refractivity contribution in [1.82, 2.24) is 5.32 Å². The van der Waals surface area contributed by atoms with Gasteiger partial charge in [-0.2, -0.15) is 0 Å². The van der Waals surface area contributed by atoms with Gasteiger partial charge in [0.1, 0.15) is 5.60 Å². The van der Waals surface area contributed by atoms with E-state index >= 15 is 0 Å². The van der Waals surface area contributed by atoms with Crippen molar-refractivity contribution in [3.63, 3.8) is 0 Å². The lowest BCUT2D eigenvalue weighted by Crippen LogP contribution is -2.32. The van der Waals surface area contributed by atoms with Crippen molar-refractivity contribution in [3.8, 4) is 0 Å². The first-order valence-corrected chi connectivity index (χ1v) is 7.90. The van der Waals surface area contributed by atoms with Gasteiger partial charge in [-0.1, -0.05) is 28.1 Å². The number of alkyl carbamates (subject to hydrolysis) is 1. The largest absolute Gasteiger partial charge is 0.466 e. The van der Waals surface area contributed by atoms with Crippen molar-refractivity contribution < 1.29 is 19.1 Å². The zero-order valence-corrected chi connectivity index (χ0v) is 15.0. The van der Waals surface area contributed by atoms with Gasteiger partial charge in [-0.15, -0.1) is 0 Å². The van der Waals surface area contributed by atoms with Crippen molar-refractivity contribution in [3.05, 3.63) is 33.8 Å². The van der Waals surface area contributed by atoms with Gasteiger partial charge in [-0.25, -0.2) is 4.79 Å².